The molecular weight excluding hydrogens is 339 g/mol. The molecule has 2 saturated heterocycles. The molecule has 2 fully saturated rings. The highest BCUT2D eigenvalue weighted by atomic mass is 19.1. The van der Waals surface area contributed by atoms with Gasteiger partial charge in [0.1, 0.15) is 17.3 Å². The highest BCUT2D eigenvalue weighted by Gasteiger charge is 2.41. The SMILES string of the molecule is O=C(c1cnc(Nc2cccc(F)c2)cn1)N1CCC2(CC1)OCCO2. The summed E-state index contributed by atoms with van der Waals surface area (Å²) in [5.74, 6) is -0.575. The number of amides is 1. The van der Waals surface area contributed by atoms with Crippen LogP contribution in [0.5, 0.6) is 0 Å². The average molecular weight is 358 g/mol. The molecule has 1 spiro atoms. The highest BCUT2D eigenvalue weighted by molar-refractivity contribution is 5.92. The third-order valence-electron chi connectivity index (χ3n) is 4.59. The number of hydrogen-bond acceptors (Lipinski definition) is 6. The van der Waals surface area contributed by atoms with E-state index < -0.39 is 5.79 Å². The fourth-order valence-electron chi connectivity index (χ4n) is 3.22. The van der Waals surface area contributed by atoms with Crippen LogP contribution in [-0.2, 0) is 9.47 Å². The number of ether oxygens (including phenoxy) is 2. The van der Waals surface area contributed by atoms with Gasteiger partial charge in [-0.15, -0.1) is 0 Å². The maximum absolute atomic E-state index is 13.2. The van der Waals surface area contributed by atoms with Gasteiger partial charge in [-0.2, -0.15) is 0 Å². The molecule has 136 valence electrons. The Balaban J connectivity index is 1.38. The lowest BCUT2D eigenvalue weighted by atomic mass is 10.0. The van der Waals surface area contributed by atoms with Crippen molar-refractivity contribution in [1.82, 2.24) is 14.9 Å². The first kappa shape index (κ1) is 16.9. The van der Waals surface area contributed by atoms with Crippen LogP contribution in [0.2, 0.25) is 0 Å². The van der Waals surface area contributed by atoms with Crippen LogP contribution in [0.25, 0.3) is 0 Å². The molecule has 0 bridgehead atoms. The van der Waals surface area contributed by atoms with Gasteiger partial charge in [0.25, 0.3) is 5.91 Å². The second-order valence-corrected chi connectivity index (χ2v) is 6.32. The molecule has 2 aromatic rings. The van der Waals surface area contributed by atoms with Crippen LogP contribution in [0.4, 0.5) is 15.9 Å². The zero-order valence-electron chi connectivity index (χ0n) is 14.2. The number of nitrogens with zero attached hydrogens (tertiary/aromatic N) is 3. The number of halogens is 1. The molecule has 8 heteroatoms. The number of carbonyl (C=O) groups excluding carboxylic acids is 1. The number of nitrogens with one attached hydrogen (secondary N) is 1. The smallest absolute Gasteiger partial charge is 0.274 e. The summed E-state index contributed by atoms with van der Waals surface area (Å²) >= 11 is 0. The molecule has 1 aromatic carbocycles. The van der Waals surface area contributed by atoms with E-state index in [2.05, 4.69) is 15.3 Å². The van der Waals surface area contributed by atoms with Gasteiger partial charge in [0.2, 0.25) is 0 Å². The van der Waals surface area contributed by atoms with Gasteiger partial charge in [0, 0.05) is 31.6 Å². The first-order chi connectivity index (χ1) is 12.6. The minimum Gasteiger partial charge on any atom is -0.347 e. The van der Waals surface area contributed by atoms with E-state index in [4.69, 9.17) is 9.47 Å². The highest BCUT2D eigenvalue weighted by Crippen LogP contribution is 2.31. The van der Waals surface area contributed by atoms with Gasteiger partial charge in [0.15, 0.2) is 5.79 Å². The zero-order valence-corrected chi connectivity index (χ0v) is 14.2. The summed E-state index contributed by atoms with van der Waals surface area (Å²) in [5.41, 5.74) is 0.843. The lowest BCUT2D eigenvalue weighted by molar-refractivity contribution is -0.181. The second kappa shape index (κ2) is 6.97. The predicted octanol–water partition coefficient (Wildman–Crippen LogP) is 2.34. The topological polar surface area (TPSA) is 76.6 Å². The molecule has 7 nitrogen and oxygen atoms in total. The normalized spacial score (nSPS) is 18.9. The zero-order chi connectivity index (χ0) is 18.0. The molecular formula is C18H19FN4O3. The number of likely N-dealkylation sites (tertiary alicyclic amines) is 1. The maximum atomic E-state index is 13.2. The molecule has 0 aliphatic carbocycles. The third-order valence-corrected chi connectivity index (χ3v) is 4.59. The number of hydrogen-bond donors (Lipinski definition) is 1. The van der Waals surface area contributed by atoms with Crippen molar-refractivity contribution in [3.05, 3.63) is 48.2 Å². The van der Waals surface area contributed by atoms with Crippen LogP contribution < -0.4 is 5.32 Å². The van der Waals surface area contributed by atoms with Crippen molar-refractivity contribution < 1.29 is 18.7 Å². The lowest BCUT2D eigenvalue weighted by Crippen LogP contribution is -2.47. The van der Waals surface area contributed by atoms with Gasteiger partial charge in [-0.25, -0.2) is 14.4 Å². The summed E-state index contributed by atoms with van der Waals surface area (Å²) in [4.78, 5) is 22.7. The molecule has 0 saturated carbocycles. The Morgan fingerprint density at radius 1 is 1.15 bits per heavy atom. The number of rotatable bonds is 3. The number of benzene rings is 1. The van der Waals surface area contributed by atoms with Gasteiger partial charge in [-0.05, 0) is 18.2 Å². The van der Waals surface area contributed by atoms with Crippen LogP contribution in [0.15, 0.2) is 36.7 Å². The quantitative estimate of drug-likeness (QED) is 0.908. The van der Waals surface area contributed by atoms with Crippen LogP contribution in [-0.4, -0.2) is 52.9 Å². The summed E-state index contributed by atoms with van der Waals surface area (Å²) in [7, 11) is 0. The van der Waals surface area contributed by atoms with Crippen LogP contribution in [0, 0.1) is 5.82 Å². The number of piperidine rings is 1. The second-order valence-electron chi connectivity index (χ2n) is 6.32. The average Bonchev–Trinajstić information content (AvgIpc) is 3.11. The number of anilines is 2. The van der Waals surface area contributed by atoms with E-state index in [1.54, 1.807) is 17.0 Å². The van der Waals surface area contributed by atoms with E-state index in [1.165, 1.54) is 24.5 Å². The van der Waals surface area contributed by atoms with Gasteiger partial charge >= 0.3 is 0 Å². The third kappa shape index (κ3) is 3.51. The Morgan fingerprint density at radius 2 is 1.92 bits per heavy atom. The fraction of sp³-hybridized carbons (Fsp3) is 0.389. The predicted molar refractivity (Wildman–Crippen MR) is 91.5 cm³/mol. The van der Waals surface area contributed by atoms with E-state index in [9.17, 15) is 9.18 Å². The van der Waals surface area contributed by atoms with Gasteiger partial charge in [-0.3, -0.25) is 4.79 Å². The minimum atomic E-state index is -0.513. The minimum absolute atomic E-state index is 0.164. The summed E-state index contributed by atoms with van der Waals surface area (Å²) in [6.45, 7) is 2.34. The first-order valence-corrected chi connectivity index (χ1v) is 8.55. The van der Waals surface area contributed by atoms with Gasteiger partial charge < -0.3 is 19.7 Å². The number of carbonyl (C=O) groups is 1. The lowest BCUT2D eigenvalue weighted by Gasteiger charge is -2.37. The van der Waals surface area contributed by atoms with Crippen molar-refractivity contribution in [1.29, 1.82) is 0 Å². The Hall–Kier alpha value is -2.58. The Labute approximate surface area is 150 Å². The largest absolute Gasteiger partial charge is 0.347 e. The summed E-state index contributed by atoms with van der Waals surface area (Å²) in [6.07, 6.45) is 4.21. The van der Waals surface area contributed by atoms with Crippen molar-refractivity contribution >= 4 is 17.4 Å². The first-order valence-electron chi connectivity index (χ1n) is 8.55. The molecule has 1 amide bonds. The van der Waals surface area contributed by atoms with E-state index in [0.29, 0.717) is 50.7 Å². The molecule has 2 aliphatic rings. The van der Waals surface area contributed by atoms with E-state index in [1.807, 2.05) is 0 Å². The molecule has 0 radical (unpaired) electrons. The Morgan fingerprint density at radius 3 is 2.58 bits per heavy atom. The Bertz CT molecular complexity index is 783. The fourth-order valence-corrected chi connectivity index (χ4v) is 3.22. The van der Waals surface area contributed by atoms with Crippen LogP contribution >= 0.6 is 0 Å². The molecule has 1 aromatic heterocycles. The van der Waals surface area contributed by atoms with Crippen molar-refractivity contribution in [3.63, 3.8) is 0 Å². The molecule has 3 heterocycles. The number of aromatic nitrogens is 2. The molecule has 4 rings (SSSR count). The van der Waals surface area contributed by atoms with E-state index in [0.717, 1.165) is 0 Å². The van der Waals surface area contributed by atoms with E-state index >= 15 is 0 Å². The molecule has 2 aliphatic heterocycles. The Kier molecular flexibility index (Phi) is 4.52. The summed E-state index contributed by atoms with van der Waals surface area (Å²) in [5, 5.41) is 2.95. The van der Waals surface area contributed by atoms with Crippen LogP contribution in [0.1, 0.15) is 23.3 Å². The molecule has 1 N–H and O–H groups in total. The van der Waals surface area contributed by atoms with Gasteiger partial charge in [0.05, 0.1) is 25.6 Å². The van der Waals surface area contributed by atoms with Crippen molar-refractivity contribution in [2.24, 2.45) is 0 Å². The maximum Gasteiger partial charge on any atom is 0.274 e. The summed E-state index contributed by atoms with van der Waals surface area (Å²) in [6, 6.07) is 6.05. The van der Waals surface area contributed by atoms with Crippen molar-refractivity contribution in [3.8, 4) is 0 Å². The van der Waals surface area contributed by atoms with Gasteiger partial charge in [-0.1, -0.05) is 6.07 Å². The molecule has 0 atom stereocenters. The van der Waals surface area contributed by atoms with Crippen molar-refractivity contribution in [2.75, 3.05) is 31.6 Å². The molecule has 26 heavy (non-hydrogen) atoms. The monoisotopic (exact) mass is 358 g/mol. The standard InChI is InChI=1S/C18H19FN4O3/c19-13-2-1-3-14(10-13)22-16-12-20-15(11-21-16)17(24)23-6-4-18(5-7-23)25-8-9-26-18/h1-3,10-12H,4-9H2,(H,21,22). The van der Waals surface area contributed by atoms with E-state index in [-0.39, 0.29) is 17.4 Å². The van der Waals surface area contributed by atoms with Crippen molar-refractivity contribution in [2.45, 2.75) is 18.6 Å². The molecule has 0 unspecified atom stereocenters. The van der Waals surface area contributed by atoms with Crippen LogP contribution in [0.3, 0.4) is 0 Å². The summed E-state index contributed by atoms with van der Waals surface area (Å²) < 4.78 is 24.6.